The predicted molar refractivity (Wildman–Crippen MR) is 112 cm³/mol. The lowest BCUT2D eigenvalue weighted by Gasteiger charge is -2.37. The molecule has 0 radical (unpaired) electrons. The van der Waals surface area contributed by atoms with Gasteiger partial charge in [-0.15, -0.1) is 10.2 Å². The van der Waals surface area contributed by atoms with Crippen LogP contribution in [-0.2, 0) is 14.6 Å². The number of carbonyl (C=O) groups is 1. The fourth-order valence-corrected chi connectivity index (χ4v) is 7.17. The Morgan fingerprint density at radius 1 is 1.07 bits per heavy atom. The smallest absolute Gasteiger partial charge is 0.233 e. The molecule has 1 aliphatic carbocycles. The standard InChI is InChI=1S/C18H30N6O3S2/c19-24-17(14-4-2-1-3-5-14)20-21-18(24)28-12-16(25)23-9-7-22(8-10-23)15-6-11-29(26,27)13-15/h14-15H,1-13,19H2. The van der Waals surface area contributed by atoms with Crippen LogP contribution >= 0.6 is 11.8 Å². The van der Waals surface area contributed by atoms with E-state index in [4.69, 9.17) is 5.84 Å². The Hall–Kier alpha value is -1.33. The molecule has 1 saturated carbocycles. The zero-order valence-electron chi connectivity index (χ0n) is 16.7. The number of thioether (sulfide) groups is 1. The minimum absolute atomic E-state index is 0.0657. The van der Waals surface area contributed by atoms with E-state index in [1.807, 2.05) is 4.90 Å². The third kappa shape index (κ3) is 4.88. The maximum atomic E-state index is 12.6. The third-order valence-corrected chi connectivity index (χ3v) is 9.06. The molecule has 3 aliphatic rings. The molecule has 3 heterocycles. The maximum absolute atomic E-state index is 12.6. The first-order valence-corrected chi connectivity index (χ1v) is 13.3. The number of nitrogens with two attached hydrogens (primary N) is 1. The van der Waals surface area contributed by atoms with Gasteiger partial charge in [-0.3, -0.25) is 9.69 Å². The highest BCUT2D eigenvalue weighted by molar-refractivity contribution is 7.99. The summed E-state index contributed by atoms with van der Waals surface area (Å²) in [5, 5.41) is 9.07. The van der Waals surface area contributed by atoms with Gasteiger partial charge in [0.1, 0.15) is 0 Å². The van der Waals surface area contributed by atoms with Crippen molar-refractivity contribution in [2.24, 2.45) is 0 Å². The van der Waals surface area contributed by atoms with Crippen molar-refractivity contribution >= 4 is 27.5 Å². The van der Waals surface area contributed by atoms with Gasteiger partial charge in [0.2, 0.25) is 11.1 Å². The first-order valence-electron chi connectivity index (χ1n) is 10.5. The van der Waals surface area contributed by atoms with Gasteiger partial charge in [-0.05, 0) is 19.3 Å². The molecule has 1 unspecified atom stereocenters. The van der Waals surface area contributed by atoms with E-state index in [0.29, 0.717) is 30.6 Å². The Morgan fingerprint density at radius 3 is 2.45 bits per heavy atom. The zero-order valence-corrected chi connectivity index (χ0v) is 18.3. The number of aromatic nitrogens is 3. The molecule has 29 heavy (non-hydrogen) atoms. The topological polar surface area (TPSA) is 114 Å². The molecule has 4 rings (SSSR count). The Balaban J connectivity index is 1.25. The average molecular weight is 443 g/mol. The van der Waals surface area contributed by atoms with Crippen molar-refractivity contribution < 1.29 is 13.2 Å². The van der Waals surface area contributed by atoms with Crippen LogP contribution in [0.25, 0.3) is 0 Å². The Labute approximate surface area is 176 Å². The summed E-state index contributed by atoms with van der Waals surface area (Å²) >= 11 is 1.34. The largest absolute Gasteiger partial charge is 0.339 e. The molecule has 9 nitrogen and oxygen atoms in total. The van der Waals surface area contributed by atoms with Crippen LogP contribution in [0.1, 0.15) is 50.3 Å². The summed E-state index contributed by atoms with van der Waals surface area (Å²) in [6.07, 6.45) is 6.60. The van der Waals surface area contributed by atoms with E-state index in [-0.39, 0.29) is 29.2 Å². The normalized spacial score (nSPS) is 26.1. The number of sulfone groups is 1. The van der Waals surface area contributed by atoms with Gasteiger partial charge in [-0.25, -0.2) is 13.1 Å². The molecule has 1 aromatic heterocycles. The molecule has 11 heteroatoms. The van der Waals surface area contributed by atoms with Crippen LogP contribution in [-0.4, -0.2) is 88.5 Å². The van der Waals surface area contributed by atoms with Crippen molar-refractivity contribution in [1.82, 2.24) is 24.7 Å². The minimum Gasteiger partial charge on any atom is -0.339 e. The van der Waals surface area contributed by atoms with Crippen LogP contribution in [0.4, 0.5) is 0 Å². The summed E-state index contributed by atoms with van der Waals surface area (Å²) in [6, 6.07) is 0.112. The SMILES string of the molecule is Nn1c(SCC(=O)N2CCN(C3CCS(=O)(=O)C3)CC2)nnc1C1CCCCC1. The van der Waals surface area contributed by atoms with E-state index in [9.17, 15) is 13.2 Å². The lowest BCUT2D eigenvalue weighted by molar-refractivity contribution is -0.130. The molecule has 2 N–H and O–H groups in total. The van der Waals surface area contributed by atoms with Crippen LogP contribution < -0.4 is 5.84 Å². The Bertz CT molecular complexity index is 829. The fourth-order valence-electron chi connectivity index (χ4n) is 4.64. The van der Waals surface area contributed by atoms with Gasteiger partial charge in [0.15, 0.2) is 15.7 Å². The van der Waals surface area contributed by atoms with Crippen molar-refractivity contribution in [2.75, 3.05) is 49.3 Å². The van der Waals surface area contributed by atoms with Crippen LogP contribution in [0.5, 0.6) is 0 Å². The van der Waals surface area contributed by atoms with Crippen molar-refractivity contribution in [1.29, 1.82) is 0 Å². The van der Waals surface area contributed by atoms with Crippen molar-refractivity contribution in [3.8, 4) is 0 Å². The van der Waals surface area contributed by atoms with Crippen LogP contribution in [0.2, 0.25) is 0 Å². The highest BCUT2D eigenvalue weighted by atomic mass is 32.2. The van der Waals surface area contributed by atoms with E-state index in [0.717, 1.165) is 31.8 Å². The van der Waals surface area contributed by atoms with Crippen LogP contribution in [0, 0.1) is 0 Å². The number of piperazine rings is 1. The van der Waals surface area contributed by atoms with E-state index in [1.54, 1.807) is 4.68 Å². The minimum atomic E-state index is -2.88. The van der Waals surface area contributed by atoms with Gasteiger partial charge in [-0.1, -0.05) is 31.0 Å². The van der Waals surface area contributed by atoms with E-state index >= 15 is 0 Å². The summed E-state index contributed by atoms with van der Waals surface area (Å²) in [6.45, 7) is 2.74. The summed E-state index contributed by atoms with van der Waals surface area (Å²) in [5.74, 6) is 8.31. The molecule has 2 saturated heterocycles. The van der Waals surface area contributed by atoms with Crippen LogP contribution in [0.15, 0.2) is 5.16 Å². The van der Waals surface area contributed by atoms with Gasteiger partial charge < -0.3 is 10.7 Å². The molecule has 1 aromatic rings. The van der Waals surface area contributed by atoms with Gasteiger partial charge in [-0.2, -0.15) is 0 Å². The average Bonchev–Trinajstić information content (AvgIpc) is 3.28. The van der Waals surface area contributed by atoms with E-state index in [2.05, 4.69) is 15.1 Å². The van der Waals surface area contributed by atoms with E-state index < -0.39 is 9.84 Å². The van der Waals surface area contributed by atoms with Crippen molar-refractivity contribution in [3.63, 3.8) is 0 Å². The number of nitrogen functional groups attached to an aromatic ring is 1. The second-order valence-corrected chi connectivity index (χ2v) is 11.5. The summed E-state index contributed by atoms with van der Waals surface area (Å²) in [4.78, 5) is 16.7. The van der Waals surface area contributed by atoms with E-state index in [1.165, 1.54) is 31.0 Å². The molecule has 3 fully saturated rings. The predicted octanol–water partition coefficient (Wildman–Crippen LogP) is 0.463. The summed E-state index contributed by atoms with van der Waals surface area (Å²) in [7, 11) is -2.88. The molecule has 1 atom stereocenters. The van der Waals surface area contributed by atoms with Crippen molar-refractivity contribution in [3.05, 3.63) is 5.82 Å². The first-order chi connectivity index (χ1) is 13.9. The number of carbonyl (C=O) groups excluding carboxylic acids is 1. The number of nitrogens with zero attached hydrogens (tertiary/aromatic N) is 5. The second kappa shape index (κ2) is 8.81. The van der Waals surface area contributed by atoms with Crippen LogP contribution in [0.3, 0.4) is 0 Å². The molecule has 0 spiro atoms. The molecule has 0 bridgehead atoms. The monoisotopic (exact) mass is 442 g/mol. The van der Waals surface area contributed by atoms with Gasteiger partial charge in [0.25, 0.3) is 0 Å². The maximum Gasteiger partial charge on any atom is 0.233 e. The Morgan fingerprint density at radius 2 is 1.79 bits per heavy atom. The lowest BCUT2D eigenvalue weighted by atomic mass is 9.89. The number of hydrogen-bond donors (Lipinski definition) is 1. The molecule has 0 aromatic carbocycles. The molecule has 162 valence electrons. The Kier molecular flexibility index (Phi) is 6.35. The molecule has 1 amide bonds. The van der Waals surface area contributed by atoms with Crippen molar-refractivity contribution in [2.45, 2.75) is 55.6 Å². The lowest BCUT2D eigenvalue weighted by Crippen LogP contribution is -2.52. The number of amides is 1. The van der Waals surface area contributed by atoms with Gasteiger partial charge >= 0.3 is 0 Å². The highest BCUT2D eigenvalue weighted by Gasteiger charge is 2.34. The fraction of sp³-hybridized carbons (Fsp3) is 0.833. The first kappa shape index (κ1) is 20.9. The molecular formula is C18H30N6O3S2. The third-order valence-electron chi connectivity index (χ3n) is 6.38. The highest BCUT2D eigenvalue weighted by Crippen LogP contribution is 2.32. The summed E-state index contributed by atoms with van der Waals surface area (Å²) < 4.78 is 24.9. The summed E-state index contributed by atoms with van der Waals surface area (Å²) in [5.41, 5.74) is 0. The molecular weight excluding hydrogens is 412 g/mol. The molecule has 2 aliphatic heterocycles. The number of rotatable bonds is 5. The zero-order chi connectivity index (χ0) is 20.4. The number of hydrogen-bond acceptors (Lipinski definition) is 8. The quantitative estimate of drug-likeness (QED) is 0.517. The van der Waals surface area contributed by atoms with Gasteiger partial charge in [0.05, 0.1) is 17.3 Å². The van der Waals surface area contributed by atoms with Gasteiger partial charge in [0, 0.05) is 38.1 Å². The second-order valence-electron chi connectivity index (χ2n) is 8.31.